The Morgan fingerprint density at radius 2 is 1.84 bits per heavy atom. The van der Waals surface area contributed by atoms with E-state index >= 15 is 0 Å². The smallest absolute Gasteiger partial charge is 0.191 e. The Hall–Kier alpha value is -0.970. The van der Waals surface area contributed by atoms with Crippen molar-refractivity contribution in [2.45, 2.75) is 38.1 Å². The van der Waals surface area contributed by atoms with E-state index in [0.717, 1.165) is 57.3 Å². The summed E-state index contributed by atoms with van der Waals surface area (Å²) in [7, 11) is 1.80. The lowest BCUT2D eigenvalue weighted by atomic mass is 10.0. The van der Waals surface area contributed by atoms with Gasteiger partial charge in [0.25, 0.3) is 0 Å². The van der Waals surface area contributed by atoms with Crippen LogP contribution in [0.4, 0.5) is 4.39 Å². The largest absolute Gasteiger partial charge is 0.379 e. The van der Waals surface area contributed by atoms with E-state index < -0.39 is 0 Å². The van der Waals surface area contributed by atoms with Gasteiger partial charge in [-0.15, -0.1) is 24.0 Å². The highest BCUT2D eigenvalue weighted by atomic mass is 127. The van der Waals surface area contributed by atoms with E-state index in [2.05, 4.69) is 25.4 Å². The third-order valence-electron chi connectivity index (χ3n) is 6.05. The van der Waals surface area contributed by atoms with Gasteiger partial charge in [0.05, 0.1) is 19.3 Å². The molecule has 0 aromatic heterocycles. The van der Waals surface area contributed by atoms with Gasteiger partial charge in [0.2, 0.25) is 0 Å². The summed E-state index contributed by atoms with van der Waals surface area (Å²) < 4.78 is 19.3. The van der Waals surface area contributed by atoms with Crippen LogP contribution in [0.15, 0.2) is 29.3 Å². The molecule has 1 aromatic carbocycles. The van der Waals surface area contributed by atoms with Crippen molar-refractivity contribution < 1.29 is 9.13 Å². The summed E-state index contributed by atoms with van der Waals surface area (Å²) in [6, 6.07) is 7.01. The van der Waals surface area contributed by atoms with E-state index in [1.165, 1.54) is 44.8 Å². The van der Waals surface area contributed by atoms with Crippen LogP contribution in [0, 0.1) is 5.82 Å². The topological polar surface area (TPSA) is 52.1 Å². The first-order chi connectivity index (χ1) is 14.8. The number of guanidine groups is 1. The van der Waals surface area contributed by atoms with Crippen LogP contribution in [0.1, 0.15) is 43.7 Å². The predicted octanol–water partition coefficient (Wildman–Crippen LogP) is 3.25. The van der Waals surface area contributed by atoms with Crippen molar-refractivity contribution in [2.75, 3.05) is 66.1 Å². The molecule has 0 spiro atoms. The molecule has 2 N–H and O–H groups in total. The van der Waals surface area contributed by atoms with E-state index in [0.29, 0.717) is 6.54 Å². The summed E-state index contributed by atoms with van der Waals surface area (Å²) in [6.07, 6.45) is 6.53. The van der Waals surface area contributed by atoms with E-state index in [-0.39, 0.29) is 35.8 Å². The van der Waals surface area contributed by atoms with Crippen molar-refractivity contribution in [3.05, 3.63) is 35.6 Å². The molecule has 2 aliphatic rings. The van der Waals surface area contributed by atoms with Crippen LogP contribution in [0.5, 0.6) is 0 Å². The Morgan fingerprint density at radius 1 is 1.10 bits per heavy atom. The Kier molecular flexibility index (Phi) is 12.7. The highest BCUT2D eigenvalue weighted by Crippen LogP contribution is 2.22. The quantitative estimate of drug-likeness (QED) is 0.227. The second-order valence-corrected chi connectivity index (χ2v) is 8.21. The van der Waals surface area contributed by atoms with Gasteiger partial charge in [-0.05, 0) is 56.6 Å². The Balaban J connectivity index is 0.00000341. The summed E-state index contributed by atoms with van der Waals surface area (Å²) in [5.74, 6) is 0.613. The average molecular weight is 548 g/mol. The second kappa shape index (κ2) is 15.0. The third-order valence-corrected chi connectivity index (χ3v) is 6.05. The molecule has 0 aliphatic carbocycles. The highest BCUT2D eigenvalue weighted by molar-refractivity contribution is 14.0. The van der Waals surface area contributed by atoms with E-state index in [4.69, 9.17) is 4.74 Å². The summed E-state index contributed by atoms with van der Waals surface area (Å²) in [5, 5.41) is 6.89. The summed E-state index contributed by atoms with van der Waals surface area (Å²) in [6.45, 7) is 8.33. The van der Waals surface area contributed by atoms with Crippen LogP contribution in [0.3, 0.4) is 0 Å². The van der Waals surface area contributed by atoms with Crippen molar-refractivity contribution in [2.24, 2.45) is 4.99 Å². The number of nitrogens with zero attached hydrogens (tertiary/aromatic N) is 3. The highest BCUT2D eigenvalue weighted by Gasteiger charge is 2.23. The number of ether oxygens (including phenoxy) is 1. The molecule has 1 atom stereocenters. The number of morpholine rings is 1. The molecule has 31 heavy (non-hydrogen) atoms. The van der Waals surface area contributed by atoms with Gasteiger partial charge in [-0.1, -0.05) is 25.0 Å². The molecule has 0 bridgehead atoms. The van der Waals surface area contributed by atoms with Crippen molar-refractivity contribution in [1.29, 1.82) is 0 Å². The molecule has 0 amide bonds. The summed E-state index contributed by atoms with van der Waals surface area (Å²) >= 11 is 0. The number of hydrogen-bond acceptors (Lipinski definition) is 4. The third kappa shape index (κ3) is 9.19. The maximum absolute atomic E-state index is 13.8. The number of nitrogens with one attached hydrogen (secondary N) is 2. The van der Waals surface area contributed by atoms with E-state index in [1.54, 1.807) is 19.2 Å². The molecule has 2 aliphatic heterocycles. The number of hydrogen-bond donors (Lipinski definition) is 2. The lowest BCUT2D eigenvalue weighted by molar-refractivity contribution is 0.0169. The lowest BCUT2D eigenvalue weighted by Crippen LogP contribution is -2.46. The van der Waals surface area contributed by atoms with Crippen molar-refractivity contribution >= 4 is 29.9 Å². The fraction of sp³-hybridized carbons (Fsp3) is 0.696. The zero-order chi connectivity index (χ0) is 21.0. The van der Waals surface area contributed by atoms with Crippen LogP contribution in [-0.2, 0) is 4.74 Å². The van der Waals surface area contributed by atoms with Crippen LogP contribution < -0.4 is 10.6 Å². The molecule has 1 aromatic rings. The standard InChI is InChI=1S/C23H38FN5O.HI/c1-25-23(26-10-7-13-28-11-4-2-3-5-12-28)27-19-22(29-14-16-30-17-15-29)20-8-6-9-21(24)18-20;/h6,8-9,18,22H,2-5,7,10-17,19H2,1H3,(H2,25,26,27);1H. The SMILES string of the molecule is CN=C(NCCCN1CCCCCC1)NCC(c1cccc(F)c1)N1CCOCC1.I. The van der Waals surface area contributed by atoms with Crippen LogP contribution in [0.2, 0.25) is 0 Å². The summed E-state index contributed by atoms with van der Waals surface area (Å²) in [5.41, 5.74) is 0.987. The van der Waals surface area contributed by atoms with Gasteiger partial charge in [-0.25, -0.2) is 4.39 Å². The van der Waals surface area contributed by atoms with Crippen molar-refractivity contribution in [3.8, 4) is 0 Å². The van der Waals surface area contributed by atoms with Gasteiger partial charge in [0.1, 0.15) is 5.82 Å². The van der Waals surface area contributed by atoms with Gasteiger partial charge < -0.3 is 20.3 Å². The number of aliphatic imine (C=N–C) groups is 1. The molecule has 1 unspecified atom stereocenters. The molecule has 2 heterocycles. The first-order valence-electron chi connectivity index (χ1n) is 11.5. The second-order valence-electron chi connectivity index (χ2n) is 8.21. The Morgan fingerprint density at radius 3 is 2.52 bits per heavy atom. The average Bonchev–Trinajstić information content (AvgIpc) is 3.05. The lowest BCUT2D eigenvalue weighted by Gasteiger charge is -2.35. The van der Waals surface area contributed by atoms with Gasteiger partial charge >= 0.3 is 0 Å². The molecule has 0 radical (unpaired) electrons. The zero-order valence-electron chi connectivity index (χ0n) is 18.8. The minimum atomic E-state index is -0.193. The number of rotatable bonds is 8. The number of likely N-dealkylation sites (tertiary alicyclic amines) is 1. The fourth-order valence-electron chi connectivity index (χ4n) is 4.34. The van der Waals surface area contributed by atoms with E-state index in [1.807, 2.05) is 6.07 Å². The number of benzene rings is 1. The van der Waals surface area contributed by atoms with E-state index in [9.17, 15) is 4.39 Å². The molecule has 176 valence electrons. The van der Waals surface area contributed by atoms with Gasteiger partial charge in [-0.2, -0.15) is 0 Å². The normalized spacial score (nSPS) is 19.9. The van der Waals surface area contributed by atoms with Gasteiger partial charge in [-0.3, -0.25) is 9.89 Å². The predicted molar refractivity (Wildman–Crippen MR) is 136 cm³/mol. The Bertz CT molecular complexity index is 649. The fourth-order valence-corrected chi connectivity index (χ4v) is 4.34. The van der Waals surface area contributed by atoms with Gasteiger partial charge in [0.15, 0.2) is 5.96 Å². The first kappa shape index (κ1) is 26.3. The molecule has 0 saturated carbocycles. The zero-order valence-corrected chi connectivity index (χ0v) is 21.2. The molecule has 8 heteroatoms. The monoisotopic (exact) mass is 547 g/mol. The maximum atomic E-state index is 13.8. The molecule has 3 rings (SSSR count). The number of halogens is 2. The van der Waals surface area contributed by atoms with Crippen molar-refractivity contribution in [3.63, 3.8) is 0 Å². The first-order valence-corrected chi connectivity index (χ1v) is 11.5. The maximum Gasteiger partial charge on any atom is 0.191 e. The van der Waals surface area contributed by atoms with Gasteiger partial charge in [0, 0.05) is 33.2 Å². The minimum absolute atomic E-state index is 0. The molecule has 2 saturated heterocycles. The van der Waals surface area contributed by atoms with Crippen LogP contribution >= 0.6 is 24.0 Å². The van der Waals surface area contributed by atoms with Crippen LogP contribution in [0.25, 0.3) is 0 Å². The minimum Gasteiger partial charge on any atom is -0.379 e. The van der Waals surface area contributed by atoms with Crippen LogP contribution in [-0.4, -0.2) is 81.8 Å². The molecule has 6 nitrogen and oxygen atoms in total. The molecular formula is C23H39FIN5O. The molecule has 2 fully saturated rings. The summed E-state index contributed by atoms with van der Waals surface area (Å²) in [4.78, 5) is 9.32. The Labute approximate surface area is 204 Å². The van der Waals surface area contributed by atoms with Crippen molar-refractivity contribution in [1.82, 2.24) is 20.4 Å². The molecular weight excluding hydrogens is 508 g/mol.